The summed E-state index contributed by atoms with van der Waals surface area (Å²) in [6.07, 6.45) is 0.914. The maximum atomic E-state index is 4.69. The van der Waals surface area contributed by atoms with Gasteiger partial charge in [0, 0.05) is 15.7 Å². The summed E-state index contributed by atoms with van der Waals surface area (Å²) in [5.41, 5.74) is 3.27. The number of hydrogen-bond donors (Lipinski definition) is 0. The molecule has 0 spiro atoms. The maximum absolute atomic E-state index is 4.69. The van der Waals surface area contributed by atoms with Gasteiger partial charge in [0.05, 0.1) is 5.69 Å². The maximum Gasteiger partial charge on any atom is 0.0633 e. The molecule has 0 fully saturated rings. The fourth-order valence-corrected chi connectivity index (χ4v) is 2.20. The average molecular weight is 288 g/mol. The lowest BCUT2D eigenvalue weighted by molar-refractivity contribution is 1.26. The monoisotopic (exact) mass is 287 g/mol. The molecule has 0 N–H and O–H groups in total. The van der Waals surface area contributed by atoms with Crippen molar-refractivity contribution in [1.82, 2.24) is 0 Å². The van der Waals surface area contributed by atoms with Crippen molar-refractivity contribution in [3.8, 4) is 0 Å². The molecule has 2 rings (SSSR count). The van der Waals surface area contributed by atoms with Gasteiger partial charge in [-0.2, -0.15) is 0 Å². The lowest BCUT2D eigenvalue weighted by Gasteiger charge is -2.06. The van der Waals surface area contributed by atoms with Crippen molar-refractivity contribution < 1.29 is 0 Å². The summed E-state index contributed by atoms with van der Waals surface area (Å²) >= 11 is 3.57. The standard InChI is InChI=1S/C15H14BrN/c1-2-15(13-10-6-7-11-14(13)16)17-12-8-4-3-5-9-12/h3-11H,2H2,1H3/b17-15+. The molecular formula is C15H14BrN. The predicted octanol–water partition coefficient (Wildman–Crippen LogP) is 4.98. The van der Waals surface area contributed by atoms with E-state index in [2.05, 4.69) is 28.9 Å². The molecule has 1 nitrogen and oxygen atoms in total. The second-order valence-corrected chi connectivity index (χ2v) is 4.58. The summed E-state index contributed by atoms with van der Waals surface area (Å²) in [5, 5.41) is 0. The van der Waals surface area contributed by atoms with Crippen molar-refractivity contribution in [3.63, 3.8) is 0 Å². The number of benzene rings is 2. The Balaban J connectivity index is 2.41. The Labute approximate surface area is 110 Å². The summed E-state index contributed by atoms with van der Waals surface area (Å²) in [7, 11) is 0. The first-order valence-electron chi connectivity index (χ1n) is 5.68. The van der Waals surface area contributed by atoms with Crippen LogP contribution in [0.5, 0.6) is 0 Å². The second-order valence-electron chi connectivity index (χ2n) is 3.73. The molecule has 0 saturated carbocycles. The van der Waals surface area contributed by atoms with E-state index < -0.39 is 0 Å². The van der Waals surface area contributed by atoms with Crippen LogP contribution in [-0.2, 0) is 0 Å². The van der Waals surface area contributed by atoms with Crippen LogP contribution in [0.2, 0.25) is 0 Å². The van der Waals surface area contributed by atoms with Crippen molar-refractivity contribution in [2.75, 3.05) is 0 Å². The lowest BCUT2D eigenvalue weighted by Crippen LogP contribution is -1.99. The van der Waals surface area contributed by atoms with Gasteiger partial charge in [0.25, 0.3) is 0 Å². The van der Waals surface area contributed by atoms with Gasteiger partial charge in [-0.3, -0.25) is 4.99 Å². The summed E-state index contributed by atoms with van der Waals surface area (Å²) in [4.78, 5) is 4.69. The molecule has 0 aliphatic carbocycles. The highest BCUT2D eigenvalue weighted by molar-refractivity contribution is 9.10. The minimum Gasteiger partial charge on any atom is -0.253 e. The largest absolute Gasteiger partial charge is 0.253 e. The smallest absolute Gasteiger partial charge is 0.0633 e. The van der Waals surface area contributed by atoms with E-state index in [0.29, 0.717) is 0 Å². The molecule has 0 atom stereocenters. The number of rotatable bonds is 3. The Bertz CT molecular complexity index is 517. The van der Waals surface area contributed by atoms with Crippen LogP contribution in [0.3, 0.4) is 0 Å². The van der Waals surface area contributed by atoms with E-state index in [4.69, 9.17) is 4.99 Å². The van der Waals surface area contributed by atoms with Gasteiger partial charge in [-0.1, -0.05) is 59.3 Å². The van der Waals surface area contributed by atoms with Crippen molar-refractivity contribution in [2.24, 2.45) is 4.99 Å². The van der Waals surface area contributed by atoms with Gasteiger partial charge >= 0.3 is 0 Å². The van der Waals surface area contributed by atoms with Gasteiger partial charge in [-0.05, 0) is 24.6 Å². The zero-order chi connectivity index (χ0) is 12.1. The molecule has 0 aliphatic heterocycles. The van der Waals surface area contributed by atoms with Crippen LogP contribution in [0.15, 0.2) is 64.1 Å². The van der Waals surface area contributed by atoms with E-state index in [1.165, 1.54) is 5.56 Å². The molecule has 0 aromatic heterocycles. The summed E-state index contributed by atoms with van der Waals surface area (Å²) < 4.78 is 1.09. The molecule has 0 unspecified atom stereocenters. The highest BCUT2D eigenvalue weighted by atomic mass is 79.9. The first-order chi connectivity index (χ1) is 8.31. The molecule has 0 amide bonds. The van der Waals surface area contributed by atoms with Gasteiger partial charge in [-0.15, -0.1) is 0 Å². The topological polar surface area (TPSA) is 12.4 Å². The Morgan fingerprint density at radius 3 is 2.29 bits per heavy atom. The minimum absolute atomic E-state index is 0.914. The van der Waals surface area contributed by atoms with Crippen LogP contribution in [0, 0.1) is 0 Å². The molecule has 0 bridgehead atoms. The zero-order valence-corrected chi connectivity index (χ0v) is 11.3. The average Bonchev–Trinajstić information content (AvgIpc) is 2.38. The van der Waals surface area contributed by atoms with Crippen molar-refractivity contribution in [1.29, 1.82) is 0 Å². The van der Waals surface area contributed by atoms with Crippen LogP contribution >= 0.6 is 15.9 Å². The summed E-state index contributed by atoms with van der Waals surface area (Å²) in [6.45, 7) is 2.13. The Morgan fingerprint density at radius 1 is 1.00 bits per heavy atom. The molecule has 0 saturated heterocycles. The zero-order valence-electron chi connectivity index (χ0n) is 9.73. The number of aliphatic imine (C=N–C) groups is 1. The number of para-hydroxylation sites is 1. The van der Waals surface area contributed by atoms with Gasteiger partial charge in [0.2, 0.25) is 0 Å². The van der Waals surface area contributed by atoms with E-state index in [-0.39, 0.29) is 0 Å². The predicted molar refractivity (Wildman–Crippen MR) is 77.1 cm³/mol. The van der Waals surface area contributed by atoms with E-state index >= 15 is 0 Å². The van der Waals surface area contributed by atoms with Crippen LogP contribution in [-0.4, -0.2) is 5.71 Å². The SMILES string of the molecule is CC/C(=N\c1ccccc1)c1ccccc1Br. The van der Waals surface area contributed by atoms with E-state index in [9.17, 15) is 0 Å². The minimum atomic E-state index is 0.914. The van der Waals surface area contributed by atoms with Crippen molar-refractivity contribution in [3.05, 3.63) is 64.6 Å². The van der Waals surface area contributed by atoms with E-state index in [0.717, 1.165) is 22.3 Å². The van der Waals surface area contributed by atoms with Crippen LogP contribution in [0.25, 0.3) is 0 Å². The Morgan fingerprint density at radius 2 is 1.65 bits per heavy atom. The molecule has 2 heteroatoms. The third-order valence-corrected chi connectivity index (χ3v) is 3.23. The molecule has 2 aromatic carbocycles. The fraction of sp³-hybridized carbons (Fsp3) is 0.133. The quantitative estimate of drug-likeness (QED) is 0.706. The van der Waals surface area contributed by atoms with Gasteiger partial charge in [0.15, 0.2) is 0 Å². The van der Waals surface area contributed by atoms with Crippen LogP contribution in [0.1, 0.15) is 18.9 Å². The third-order valence-electron chi connectivity index (χ3n) is 2.54. The molecule has 2 aromatic rings. The normalized spacial score (nSPS) is 11.5. The molecular weight excluding hydrogens is 274 g/mol. The first-order valence-corrected chi connectivity index (χ1v) is 6.48. The van der Waals surface area contributed by atoms with E-state index in [1.54, 1.807) is 0 Å². The Hall–Kier alpha value is -1.41. The van der Waals surface area contributed by atoms with Crippen molar-refractivity contribution in [2.45, 2.75) is 13.3 Å². The summed E-state index contributed by atoms with van der Waals surface area (Å²) in [6, 6.07) is 18.3. The van der Waals surface area contributed by atoms with Gasteiger partial charge < -0.3 is 0 Å². The van der Waals surface area contributed by atoms with Crippen LogP contribution < -0.4 is 0 Å². The van der Waals surface area contributed by atoms with E-state index in [1.807, 2.05) is 48.5 Å². The highest BCUT2D eigenvalue weighted by Gasteiger charge is 2.05. The highest BCUT2D eigenvalue weighted by Crippen LogP contribution is 2.21. The third kappa shape index (κ3) is 3.04. The number of hydrogen-bond acceptors (Lipinski definition) is 1. The molecule has 0 radical (unpaired) electrons. The lowest BCUT2D eigenvalue weighted by atomic mass is 10.1. The molecule has 17 heavy (non-hydrogen) atoms. The number of nitrogens with zero attached hydrogens (tertiary/aromatic N) is 1. The molecule has 86 valence electrons. The van der Waals surface area contributed by atoms with Gasteiger partial charge in [0.1, 0.15) is 0 Å². The molecule has 0 aliphatic rings. The van der Waals surface area contributed by atoms with Crippen LogP contribution in [0.4, 0.5) is 5.69 Å². The van der Waals surface area contributed by atoms with Gasteiger partial charge in [-0.25, -0.2) is 0 Å². The van der Waals surface area contributed by atoms with Crippen molar-refractivity contribution >= 4 is 27.3 Å². The number of halogens is 1. The Kier molecular flexibility index (Phi) is 4.10. The second kappa shape index (κ2) is 5.78. The fourth-order valence-electron chi connectivity index (χ4n) is 1.68. The first kappa shape index (κ1) is 12.1. The molecule has 0 heterocycles. The summed E-state index contributed by atoms with van der Waals surface area (Å²) in [5.74, 6) is 0.